The van der Waals surface area contributed by atoms with E-state index in [9.17, 15) is 4.79 Å². The zero-order valence-electron chi connectivity index (χ0n) is 18.2. The quantitative estimate of drug-likeness (QED) is 0.300. The number of nitrogens with one attached hydrogen (secondary N) is 1. The molecule has 1 amide bonds. The number of hydrogen-bond donors (Lipinski definition) is 1. The van der Waals surface area contributed by atoms with E-state index < -0.39 is 0 Å². The van der Waals surface area contributed by atoms with Crippen molar-refractivity contribution in [2.45, 2.75) is 18.7 Å². The van der Waals surface area contributed by atoms with E-state index in [0.717, 1.165) is 21.4 Å². The number of carbonyl (C=O) groups excluding carboxylic acids is 1. The molecule has 34 heavy (non-hydrogen) atoms. The normalized spacial score (nSPS) is 10.5. The first-order valence-corrected chi connectivity index (χ1v) is 12.1. The fourth-order valence-electron chi connectivity index (χ4n) is 3.14. The van der Waals surface area contributed by atoms with Gasteiger partial charge >= 0.3 is 0 Å². The van der Waals surface area contributed by atoms with Crippen LogP contribution in [0.25, 0.3) is 5.69 Å². The fraction of sp³-hybridized carbons (Fsp3) is 0.120. The van der Waals surface area contributed by atoms with Crippen molar-refractivity contribution in [2.24, 2.45) is 0 Å². The highest BCUT2D eigenvalue weighted by atomic mass is 79.9. The first-order valence-electron chi connectivity index (χ1n) is 10.3. The number of amides is 1. The van der Waals surface area contributed by atoms with Gasteiger partial charge in [-0.25, -0.2) is 0 Å². The van der Waals surface area contributed by atoms with E-state index in [1.165, 1.54) is 11.8 Å². The van der Waals surface area contributed by atoms with Gasteiger partial charge in [-0.1, -0.05) is 36.0 Å². The maximum atomic E-state index is 12.6. The Kier molecular flexibility index (Phi) is 7.62. The summed E-state index contributed by atoms with van der Waals surface area (Å²) in [6.07, 6.45) is 0. The third-order valence-corrected chi connectivity index (χ3v) is 6.38. The van der Waals surface area contributed by atoms with Crippen molar-refractivity contribution in [1.82, 2.24) is 14.8 Å². The number of ether oxygens (including phenoxy) is 1. The second-order valence-corrected chi connectivity index (χ2v) is 9.11. The molecule has 0 spiro atoms. The van der Waals surface area contributed by atoms with Crippen LogP contribution in [0.2, 0.25) is 0 Å². The molecule has 0 fully saturated rings. The van der Waals surface area contributed by atoms with E-state index in [0.29, 0.717) is 22.3 Å². The second-order valence-electron chi connectivity index (χ2n) is 7.31. The van der Waals surface area contributed by atoms with Gasteiger partial charge in [0.25, 0.3) is 0 Å². The van der Waals surface area contributed by atoms with Gasteiger partial charge in [0, 0.05) is 10.2 Å². The summed E-state index contributed by atoms with van der Waals surface area (Å²) in [5.74, 6) is 1.24. The number of nitriles is 1. The Labute approximate surface area is 209 Å². The molecule has 0 atom stereocenters. The molecule has 0 aliphatic carbocycles. The van der Waals surface area contributed by atoms with E-state index in [1.807, 2.05) is 60.0 Å². The van der Waals surface area contributed by atoms with E-state index in [2.05, 4.69) is 37.5 Å². The molecule has 0 aliphatic rings. The summed E-state index contributed by atoms with van der Waals surface area (Å²) in [4.78, 5) is 12.6. The summed E-state index contributed by atoms with van der Waals surface area (Å²) in [5, 5.41) is 21.1. The van der Waals surface area contributed by atoms with Crippen molar-refractivity contribution in [1.29, 1.82) is 5.26 Å². The molecule has 0 unspecified atom stereocenters. The van der Waals surface area contributed by atoms with Gasteiger partial charge in [0.05, 0.1) is 23.1 Å². The molecule has 4 rings (SSSR count). The zero-order valence-corrected chi connectivity index (χ0v) is 20.6. The molecule has 0 radical (unpaired) electrons. The maximum Gasteiger partial charge on any atom is 0.234 e. The fourth-order valence-corrected chi connectivity index (χ4v) is 4.50. The molecule has 4 aromatic rings. The second kappa shape index (κ2) is 11.0. The molecular formula is C25H20BrN5O2S. The number of hydrogen-bond acceptors (Lipinski definition) is 6. The van der Waals surface area contributed by atoms with Crippen molar-refractivity contribution in [3.63, 3.8) is 0 Å². The Morgan fingerprint density at radius 1 is 1.12 bits per heavy atom. The van der Waals surface area contributed by atoms with Crippen molar-refractivity contribution in [2.75, 3.05) is 11.1 Å². The lowest BCUT2D eigenvalue weighted by Crippen LogP contribution is -2.15. The van der Waals surface area contributed by atoms with Crippen LogP contribution in [0.3, 0.4) is 0 Å². The lowest BCUT2D eigenvalue weighted by molar-refractivity contribution is -0.113. The predicted octanol–water partition coefficient (Wildman–Crippen LogP) is 5.52. The third-order valence-electron chi connectivity index (χ3n) is 4.80. The Hall–Kier alpha value is -3.61. The maximum absolute atomic E-state index is 12.6. The molecule has 1 aromatic heterocycles. The average Bonchev–Trinajstić information content (AvgIpc) is 3.27. The van der Waals surface area contributed by atoms with E-state index in [4.69, 9.17) is 10.00 Å². The topological polar surface area (TPSA) is 92.8 Å². The van der Waals surface area contributed by atoms with Crippen LogP contribution in [-0.4, -0.2) is 26.4 Å². The number of nitrogens with zero attached hydrogens (tertiary/aromatic N) is 4. The van der Waals surface area contributed by atoms with Gasteiger partial charge in [-0.2, -0.15) is 5.26 Å². The molecule has 1 N–H and O–H groups in total. The molecular weight excluding hydrogens is 514 g/mol. The van der Waals surface area contributed by atoms with Crippen LogP contribution in [0.5, 0.6) is 5.75 Å². The van der Waals surface area contributed by atoms with E-state index in [-0.39, 0.29) is 18.3 Å². The standard InChI is InChI=1S/C25H20BrN5O2S/c1-17-7-12-22(21(26)13-17)28-24(32)16-34-25-30-29-23(31(25)19-5-3-2-4-6-19)15-33-20-10-8-18(14-27)9-11-20/h2-13H,15-16H2,1H3,(H,28,32). The highest BCUT2D eigenvalue weighted by Gasteiger charge is 2.17. The zero-order chi connectivity index (χ0) is 23.9. The first kappa shape index (κ1) is 23.5. The first-order chi connectivity index (χ1) is 16.5. The molecule has 1 heterocycles. The highest BCUT2D eigenvalue weighted by molar-refractivity contribution is 9.10. The van der Waals surface area contributed by atoms with Crippen LogP contribution in [-0.2, 0) is 11.4 Å². The van der Waals surface area contributed by atoms with Crippen LogP contribution in [0.4, 0.5) is 5.69 Å². The van der Waals surface area contributed by atoms with Gasteiger partial charge < -0.3 is 10.1 Å². The van der Waals surface area contributed by atoms with Crippen LogP contribution < -0.4 is 10.1 Å². The molecule has 0 saturated heterocycles. The molecule has 3 aromatic carbocycles. The van der Waals surface area contributed by atoms with Gasteiger partial charge in [-0.05, 0) is 76.9 Å². The van der Waals surface area contributed by atoms with Gasteiger partial charge in [-0.3, -0.25) is 9.36 Å². The lowest BCUT2D eigenvalue weighted by Gasteiger charge is -2.11. The monoisotopic (exact) mass is 533 g/mol. The van der Waals surface area contributed by atoms with Crippen LogP contribution in [0.1, 0.15) is 17.0 Å². The summed E-state index contributed by atoms with van der Waals surface area (Å²) in [6.45, 7) is 2.17. The SMILES string of the molecule is Cc1ccc(NC(=O)CSc2nnc(COc3ccc(C#N)cc3)n2-c2ccccc2)c(Br)c1. The van der Waals surface area contributed by atoms with Gasteiger partial charge in [-0.15, -0.1) is 10.2 Å². The number of rotatable bonds is 8. The van der Waals surface area contributed by atoms with Crippen LogP contribution in [0, 0.1) is 18.3 Å². The Bertz CT molecular complexity index is 1330. The predicted molar refractivity (Wildman–Crippen MR) is 135 cm³/mol. The Morgan fingerprint density at radius 2 is 1.88 bits per heavy atom. The largest absolute Gasteiger partial charge is 0.486 e. The number of anilines is 1. The molecule has 7 nitrogen and oxygen atoms in total. The lowest BCUT2D eigenvalue weighted by atomic mass is 10.2. The Balaban J connectivity index is 1.48. The summed E-state index contributed by atoms with van der Waals surface area (Å²) >= 11 is 4.78. The summed E-state index contributed by atoms with van der Waals surface area (Å²) in [5.41, 5.74) is 3.26. The van der Waals surface area contributed by atoms with Crippen LogP contribution in [0.15, 0.2) is 82.4 Å². The number of para-hydroxylation sites is 1. The number of aryl methyl sites for hydroxylation is 1. The summed E-state index contributed by atoms with van der Waals surface area (Å²) in [6, 6.07) is 24.4. The average molecular weight is 534 g/mol. The van der Waals surface area contributed by atoms with Crippen LogP contribution >= 0.6 is 27.7 Å². The minimum Gasteiger partial charge on any atom is -0.486 e. The van der Waals surface area contributed by atoms with E-state index in [1.54, 1.807) is 24.3 Å². The number of thioether (sulfide) groups is 1. The summed E-state index contributed by atoms with van der Waals surface area (Å²) in [7, 11) is 0. The van der Waals surface area contributed by atoms with Gasteiger partial charge in [0.2, 0.25) is 5.91 Å². The van der Waals surface area contributed by atoms with Gasteiger partial charge in [0.1, 0.15) is 12.4 Å². The van der Waals surface area contributed by atoms with Crippen molar-refractivity contribution in [3.05, 3.63) is 94.2 Å². The van der Waals surface area contributed by atoms with E-state index >= 15 is 0 Å². The highest BCUT2D eigenvalue weighted by Crippen LogP contribution is 2.26. The van der Waals surface area contributed by atoms with Crippen molar-refractivity contribution < 1.29 is 9.53 Å². The Morgan fingerprint density at radius 3 is 2.59 bits per heavy atom. The third kappa shape index (κ3) is 5.84. The smallest absolute Gasteiger partial charge is 0.234 e. The number of benzene rings is 3. The molecule has 0 aliphatic heterocycles. The molecule has 170 valence electrons. The summed E-state index contributed by atoms with van der Waals surface area (Å²) < 4.78 is 8.58. The molecule has 0 bridgehead atoms. The minimum atomic E-state index is -0.146. The number of halogens is 1. The molecule has 9 heteroatoms. The number of carbonyl (C=O) groups is 1. The van der Waals surface area contributed by atoms with Crippen molar-refractivity contribution in [3.8, 4) is 17.5 Å². The minimum absolute atomic E-state index is 0.146. The van der Waals surface area contributed by atoms with Gasteiger partial charge in [0.15, 0.2) is 11.0 Å². The number of aromatic nitrogens is 3. The molecule has 0 saturated carbocycles. The van der Waals surface area contributed by atoms with Crippen molar-refractivity contribution >= 4 is 39.3 Å².